The average Bonchev–Trinajstić information content (AvgIpc) is 3.18. The van der Waals surface area contributed by atoms with Crippen LogP contribution >= 0.6 is 23.4 Å². The number of carbonyl (C=O) groups excluding carboxylic acids is 1. The number of nitriles is 1. The summed E-state index contributed by atoms with van der Waals surface area (Å²) in [6.45, 7) is 1.88. The van der Waals surface area contributed by atoms with Crippen LogP contribution in [-0.4, -0.2) is 41.0 Å². The molecule has 1 N–H and O–H groups in total. The van der Waals surface area contributed by atoms with E-state index in [-0.39, 0.29) is 5.91 Å². The number of rotatable bonds is 3. The molecule has 7 heteroatoms. The summed E-state index contributed by atoms with van der Waals surface area (Å²) < 4.78 is 0. The molecule has 5 nitrogen and oxygen atoms in total. The molecule has 2 saturated heterocycles. The van der Waals surface area contributed by atoms with E-state index < -0.39 is 5.54 Å². The number of hydrogen-bond acceptors (Lipinski definition) is 5. The zero-order chi connectivity index (χ0) is 15.6. The Labute approximate surface area is 139 Å². The molecule has 0 saturated carbocycles. The van der Waals surface area contributed by atoms with Crippen molar-refractivity contribution in [3.05, 3.63) is 22.8 Å². The SMILES string of the molecule is N#C[C@@]1(NC(=O)c2cc(Cl)nc(N3CCCC3)c2)CCSC1. The van der Waals surface area contributed by atoms with E-state index in [1.807, 2.05) is 0 Å². The van der Waals surface area contributed by atoms with E-state index >= 15 is 0 Å². The van der Waals surface area contributed by atoms with E-state index in [0.717, 1.165) is 37.5 Å². The third-order valence-corrected chi connectivity index (χ3v) is 5.44. The van der Waals surface area contributed by atoms with Gasteiger partial charge in [-0.05, 0) is 37.1 Å². The molecule has 116 valence electrons. The van der Waals surface area contributed by atoms with Gasteiger partial charge >= 0.3 is 0 Å². The maximum Gasteiger partial charge on any atom is 0.252 e. The Morgan fingerprint density at radius 3 is 2.86 bits per heavy atom. The van der Waals surface area contributed by atoms with Gasteiger partial charge in [-0.1, -0.05) is 11.6 Å². The van der Waals surface area contributed by atoms with E-state index in [1.54, 1.807) is 23.9 Å². The minimum Gasteiger partial charge on any atom is -0.357 e. The molecule has 0 unspecified atom stereocenters. The summed E-state index contributed by atoms with van der Waals surface area (Å²) in [7, 11) is 0. The molecule has 1 aromatic rings. The molecular weight excluding hydrogens is 320 g/mol. The summed E-state index contributed by atoms with van der Waals surface area (Å²) in [5.41, 5.74) is -0.292. The number of carbonyl (C=O) groups is 1. The first-order valence-corrected chi connectivity index (χ1v) is 8.89. The predicted molar refractivity (Wildman–Crippen MR) is 88.4 cm³/mol. The fourth-order valence-corrected chi connectivity index (χ4v) is 4.26. The van der Waals surface area contributed by atoms with Crippen LogP contribution in [0, 0.1) is 11.3 Å². The number of amides is 1. The smallest absolute Gasteiger partial charge is 0.252 e. The Morgan fingerprint density at radius 2 is 2.23 bits per heavy atom. The zero-order valence-corrected chi connectivity index (χ0v) is 13.7. The molecule has 0 aliphatic carbocycles. The van der Waals surface area contributed by atoms with Gasteiger partial charge in [0.25, 0.3) is 5.91 Å². The second kappa shape index (κ2) is 6.35. The molecule has 1 aromatic heterocycles. The van der Waals surface area contributed by atoms with Crippen molar-refractivity contribution in [2.45, 2.75) is 24.8 Å². The third-order valence-electron chi connectivity index (χ3n) is 4.06. The van der Waals surface area contributed by atoms with Gasteiger partial charge in [0.05, 0.1) is 6.07 Å². The highest BCUT2D eigenvalue weighted by Crippen LogP contribution is 2.28. The third kappa shape index (κ3) is 3.16. The van der Waals surface area contributed by atoms with Crippen molar-refractivity contribution in [1.29, 1.82) is 5.26 Å². The first-order valence-electron chi connectivity index (χ1n) is 7.36. The Hall–Kier alpha value is -1.45. The minimum atomic E-state index is -0.759. The highest BCUT2D eigenvalue weighted by atomic mass is 35.5. The number of halogens is 1. The number of thioether (sulfide) groups is 1. The van der Waals surface area contributed by atoms with Crippen LogP contribution in [0.3, 0.4) is 0 Å². The van der Waals surface area contributed by atoms with E-state index in [1.165, 1.54) is 0 Å². The molecule has 2 fully saturated rings. The Bertz CT molecular complexity index is 618. The average molecular weight is 337 g/mol. The van der Waals surface area contributed by atoms with Gasteiger partial charge in [0.1, 0.15) is 16.5 Å². The van der Waals surface area contributed by atoms with Crippen molar-refractivity contribution in [2.24, 2.45) is 0 Å². The van der Waals surface area contributed by atoms with Crippen LogP contribution in [-0.2, 0) is 0 Å². The topological polar surface area (TPSA) is 69.0 Å². The number of anilines is 1. The van der Waals surface area contributed by atoms with Crippen molar-refractivity contribution < 1.29 is 4.79 Å². The first-order chi connectivity index (χ1) is 10.6. The summed E-state index contributed by atoms with van der Waals surface area (Å²) in [5, 5.41) is 12.6. The lowest BCUT2D eigenvalue weighted by atomic mass is 10.0. The van der Waals surface area contributed by atoms with Gasteiger partial charge in [-0.25, -0.2) is 4.98 Å². The van der Waals surface area contributed by atoms with E-state index in [0.29, 0.717) is 22.9 Å². The molecule has 0 radical (unpaired) electrons. The normalized spacial score (nSPS) is 24.3. The lowest BCUT2D eigenvalue weighted by Crippen LogP contribution is -2.47. The zero-order valence-electron chi connectivity index (χ0n) is 12.1. The molecule has 22 heavy (non-hydrogen) atoms. The minimum absolute atomic E-state index is 0.256. The van der Waals surface area contributed by atoms with E-state index in [9.17, 15) is 10.1 Å². The second-order valence-electron chi connectivity index (χ2n) is 5.68. The lowest BCUT2D eigenvalue weighted by Gasteiger charge is -2.22. The monoisotopic (exact) mass is 336 g/mol. The van der Waals surface area contributed by atoms with Crippen molar-refractivity contribution in [1.82, 2.24) is 10.3 Å². The molecule has 2 aliphatic heterocycles. The number of hydrogen-bond donors (Lipinski definition) is 1. The van der Waals surface area contributed by atoms with Gasteiger partial charge in [0.2, 0.25) is 0 Å². The summed E-state index contributed by atoms with van der Waals surface area (Å²) >= 11 is 7.76. The van der Waals surface area contributed by atoms with Gasteiger partial charge in [-0.15, -0.1) is 0 Å². The lowest BCUT2D eigenvalue weighted by molar-refractivity contribution is 0.0926. The number of pyridine rings is 1. The maximum absolute atomic E-state index is 12.5. The summed E-state index contributed by atoms with van der Waals surface area (Å²) in [6.07, 6.45) is 2.94. The quantitative estimate of drug-likeness (QED) is 0.859. The number of nitrogens with zero attached hydrogens (tertiary/aromatic N) is 3. The van der Waals surface area contributed by atoms with Crippen molar-refractivity contribution in [2.75, 3.05) is 29.5 Å². The highest BCUT2D eigenvalue weighted by Gasteiger charge is 2.36. The van der Waals surface area contributed by atoms with Crippen LogP contribution in [0.5, 0.6) is 0 Å². The van der Waals surface area contributed by atoms with Crippen molar-refractivity contribution in [3.63, 3.8) is 0 Å². The van der Waals surface area contributed by atoms with Crippen LogP contribution < -0.4 is 10.2 Å². The van der Waals surface area contributed by atoms with Crippen molar-refractivity contribution in [3.8, 4) is 6.07 Å². The van der Waals surface area contributed by atoms with Crippen LogP contribution in [0.4, 0.5) is 5.82 Å². The Kier molecular flexibility index (Phi) is 4.46. The second-order valence-corrected chi connectivity index (χ2v) is 7.17. The molecule has 1 atom stereocenters. The Morgan fingerprint density at radius 1 is 1.45 bits per heavy atom. The van der Waals surface area contributed by atoms with Gasteiger partial charge < -0.3 is 10.2 Å². The number of aromatic nitrogens is 1. The molecule has 0 spiro atoms. The summed E-state index contributed by atoms with van der Waals surface area (Å²) in [6, 6.07) is 5.57. The molecule has 3 heterocycles. The largest absolute Gasteiger partial charge is 0.357 e. The summed E-state index contributed by atoms with van der Waals surface area (Å²) in [5.74, 6) is 2.01. The molecule has 2 aliphatic rings. The fourth-order valence-electron chi connectivity index (χ4n) is 2.79. The standard InChI is InChI=1S/C15H17ClN4OS/c16-12-7-11(8-13(18-12)20-4-1-2-5-20)14(21)19-15(9-17)3-6-22-10-15/h7-8H,1-6,10H2,(H,19,21)/t15-/m0/s1. The van der Waals surface area contributed by atoms with Crippen LogP contribution in [0.2, 0.25) is 5.15 Å². The fraction of sp³-hybridized carbons (Fsp3) is 0.533. The van der Waals surface area contributed by atoms with Crippen LogP contribution in [0.15, 0.2) is 12.1 Å². The predicted octanol–water partition coefficient (Wildman–Crippen LogP) is 2.46. The maximum atomic E-state index is 12.5. The highest BCUT2D eigenvalue weighted by molar-refractivity contribution is 7.99. The molecule has 0 bridgehead atoms. The molecular formula is C15H17ClN4OS. The first kappa shape index (κ1) is 15.4. The molecule has 3 rings (SSSR count). The van der Waals surface area contributed by atoms with Gasteiger partial charge in [0.15, 0.2) is 0 Å². The molecule has 0 aromatic carbocycles. The summed E-state index contributed by atoms with van der Waals surface area (Å²) in [4.78, 5) is 19.0. The van der Waals surface area contributed by atoms with Gasteiger partial charge in [-0.2, -0.15) is 17.0 Å². The van der Waals surface area contributed by atoms with E-state index in [2.05, 4.69) is 21.3 Å². The van der Waals surface area contributed by atoms with E-state index in [4.69, 9.17) is 11.6 Å². The molecule has 1 amide bonds. The van der Waals surface area contributed by atoms with Gasteiger partial charge in [0, 0.05) is 24.4 Å². The number of nitrogens with one attached hydrogen (secondary N) is 1. The van der Waals surface area contributed by atoms with Crippen molar-refractivity contribution >= 4 is 35.1 Å². The van der Waals surface area contributed by atoms with Gasteiger partial charge in [-0.3, -0.25) is 4.79 Å². The Balaban J connectivity index is 1.81. The van der Waals surface area contributed by atoms with Crippen LogP contribution in [0.25, 0.3) is 0 Å². The van der Waals surface area contributed by atoms with Crippen LogP contribution in [0.1, 0.15) is 29.6 Å².